The van der Waals surface area contributed by atoms with Crippen LogP contribution in [0.2, 0.25) is 0 Å². The molecule has 0 fully saturated rings. The molecule has 0 aliphatic heterocycles. The van der Waals surface area contributed by atoms with Crippen molar-refractivity contribution in [2.45, 2.75) is 17.6 Å². The van der Waals surface area contributed by atoms with Gasteiger partial charge in [0.1, 0.15) is 0 Å². The molecule has 18 heavy (non-hydrogen) atoms. The Morgan fingerprint density at radius 2 is 1.89 bits per heavy atom. The molecule has 2 nitrogen and oxygen atoms in total. The molecule has 2 aromatic carbocycles. The van der Waals surface area contributed by atoms with Gasteiger partial charge in [-0.05, 0) is 42.3 Å². The van der Waals surface area contributed by atoms with Crippen LogP contribution in [0.15, 0.2) is 47.4 Å². The molecular formula is C15H14N2S. The number of nitriles is 1. The maximum Gasteiger partial charge on any atom is 0.0991 e. The van der Waals surface area contributed by atoms with Gasteiger partial charge < -0.3 is 5.73 Å². The van der Waals surface area contributed by atoms with Gasteiger partial charge in [-0.3, -0.25) is 0 Å². The number of nitrogen functional groups attached to an aromatic ring is 1. The third-order valence-corrected chi connectivity index (χ3v) is 3.80. The number of nitrogens with zero attached hydrogens (tertiary/aromatic N) is 1. The minimum absolute atomic E-state index is 0.693. The molecule has 0 amide bonds. The number of anilines is 1. The number of nitrogens with two attached hydrogens (primary N) is 1. The molecule has 3 heteroatoms. The summed E-state index contributed by atoms with van der Waals surface area (Å²) in [6.07, 6.45) is 0. The van der Waals surface area contributed by atoms with Crippen LogP contribution >= 0.6 is 11.8 Å². The van der Waals surface area contributed by atoms with Crippen LogP contribution in [0.5, 0.6) is 0 Å². The number of rotatable bonds is 3. The van der Waals surface area contributed by atoms with E-state index in [9.17, 15) is 0 Å². The van der Waals surface area contributed by atoms with Crippen molar-refractivity contribution >= 4 is 17.4 Å². The average molecular weight is 254 g/mol. The van der Waals surface area contributed by atoms with Crippen molar-refractivity contribution in [3.8, 4) is 6.07 Å². The van der Waals surface area contributed by atoms with E-state index in [-0.39, 0.29) is 0 Å². The zero-order valence-electron chi connectivity index (χ0n) is 10.2. The Kier molecular flexibility index (Phi) is 3.91. The van der Waals surface area contributed by atoms with Gasteiger partial charge in [-0.25, -0.2) is 0 Å². The van der Waals surface area contributed by atoms with Crippen LogP contribution in [0, 0.1) is 18.3 Å². The molecule has 0 unspecified atom stereocenters. The summed E-state index contributed by atoms with van der Waals surface area (Å²) in [6.45, 7) is 2.03. The summed E-state index contributed by atoms with van der Waals surface area (Å²) in [4.78, 5) is 1.10. The lowest BCUT2D eigenvalue weighted by Gasteiger charge is -2.06. The molecular weight excluding hydrogens is 240 g/mol. The molecule has 0 saturated carbocycles. The smallest absolute Gasteiger partial charge is 0.0991 e. The van der Waals surface area contributed by atoms with Gasteiger partial charge in [0.15, 0.2) is 0 Å². The first-order chi connectivity index (χ1) is 8.69. The molecule has 2 aromatic rings. The Morgan fingerprint density at radius 3 is 2.50 bits per heavy atom. The van der Waals surface area contributed by atoms with E-state index < -0.39 is 0 Å². The average Bonchev–Trinajstić information content (AvgIpc) is 2.38. The van der Waals surface area contributed by atoms with Gasteiger partial charge in [0, 0.05) is 16.3 Å². The highest BCUT2D eigenvalue weighted by Gasteiger charge is 2.01. The first-order valence-corrected chi connectivity index (χ1v) is 6.65. The van der Waals surface area contributed by atoms with E-state index >= 15 is 0 Å². The second-order valence-corrected chi connectivity index (χ2v) is 5.16. The summed E-state index contributed by atoms with van der Waals surface area (Å²) in [6, 6.07) is 15.9. The van der Waals surface area contributed by atoms with E-state index in [4.69, 9.17) is 11.0 Å². The van der Waals surface area contributed by atoms with Gasteiger partial charge in [-0.1, -0.05) is 18.2 Å². The summed E-state index contributed by atoms with van der Waals surface area (Å²) in [5, 5.41) is 8.73. The fourth-order valence-electron chi connectivity index (χ4n) is 1.64. The van der Waals surface area contributed by atoms with Gasteiger partial charge in [-0.15, -0.1) is 11.8 Å². The highest BCUT2D eigenvalue weighted by Crippen LogP contribution is 2.28. The fourth-order valence-corrected chi connectivity index (χ4v) is 2.54. The molecule has 0 radical (unpaired) electrons. The Morgan fingerprint density at radius 1 is 1.17 bits per heavy atom. The maximum atomic E-state index is 8.73. The third-order valence-electron chi connectivity index (χ3n) is 2.64. The van der Waals surface area contributed by atoms with Crippen molar-refractivity contribution in [3.05, 3.63) is 59.2 Å². The van der Waals surface area contributed by atoms with Crippen LogP contribution in [0.1, 0.15) is 16.7 Å². The van der Waals surface area contributed by atoms with E-state index in [1.54, 1.807) is 11.8 Å². The number of hydrogen-bond donors (Lipinski definition) is 1. The number of aryl methyl sites for hydroxylation is 1. The van der Waals surface area contributed by atoms with E-state index in [2.05, 4.69) is 18.2 Å². The summed E-state index contributed by atoms with van der Waals surface area (Å²) < 4.78 is 0. The van der Waals surface area contributed by atoms with Gasteiger partial charge in [-0.2, -0.15) is 5.26 Å². The van der Waals surface area contributed by atoms with Crippen LogP contribution < -0.4 is 5.73 Å². The summed E-state index contributed by atoms with van der Waals surface area (Å²) in [5.41, 5.74) is 9.86. The normalized spacial score (nSPS) is 10.0. The van der Waals surface area contributed by atoms with Crippen LogP contribution in [0.25, 0.3) is 0 Å². The summed E-state index contributed by atoms with van der Waals surface area (Å²) >= 11 is 1.71. The van der Waals surface area contributed by atoms with E-state index in [0.717, 1.165) is 16.3 Å². The van der Waals surface area contributed by atoms with Crippen molar-refractivity contribution < 1.29 is 0 Å². The van der Waals surface area contributed by atoms with Crippen LogP contribution in [-0.4, -0.2) is 0 Å². The Hall–Kier alpha value is -1.92. The quantitative estimate of drug-likeness (QED) is 0.670. The Balaban J connectivity index is 2.04. The maximum absolute atomic E-state index is 8.73. The van der Waals surface area contributed by atoms with Crippen molar-refractivity contribution in [2.75, 3.05) is 5.73 Å². The van der Waals surface area contributed by atoms with Crippen molar-refractivity contribution in [1.82, 2.24) is 0 Å². The van der Waals surface area contributed by atoms with Crippen molar-refractivity contribution in [3.63, 3.8) is 0 Å². The lowest BCUT2D eigenvalue weighted by atomic mass is 10.2. The van der Waals surface area contributed by atoms with E-state index in [0.29, 0.717) is 5.56 Å². The second kappa shape index (κ2) is 5.61. The zero-order chi connectivity index (χ0) is 13.0. The van der Waals surface area contributed by atoms with Gasteiger partial charge in [0.05, 0.1) is 11.6 Å². The van der Waals surface area contributed by atoms with Crippen molar-refractivity contribution in [1.29, 1.82) is 5.26 Å². The molecule has 0 atom stereocenters. The van der Waals surface area contributed by atoms with Gasteiger partial charge in [0.25, 0.3) is 0 Å². The molecule has 0 aliphatic carbocycles. The van der Waals surface area contributed by atoms with E-state index in [1.165, 1.54) is 11.1 Å². The number of hydrogen-bond acceptors (Lipinski definition) is 3. The molecule has 0 bridgehead atoms. The molecule has 0 spiro atoms. The standard InChI is InChI=1S/C15H14N2S/c1-11-2-7-15(14(17)8-11)18-10-13-5-3-12(9-16)4-6-13/h2-8H,10,17H2,1H3. The second-order valence-electron chi connectivity index (χ2n) is 4.14. The number of thioether (sulfide) groups is 1. The summed E-state index contributed by atoms with van der Waals surface area (Å²) in [7, 11) is 0. The minimum Gasteiger partial charge on any atom is -0.398 e. The molecule has 0 saturated heterocycles. The van der Waals surface area contributed by atoms with Crippen LogP contribution in [0.4, 0.5) is 5.69 Å². The first-order valence-electron chi connectivity index (χ1n) is 5.67. The third kappa shape index (κ3) is 3.06. The molecule has 0 aliphatic rings. The molecule has 0 aromatic heterocycles. The largest absolute Gasteiger partial charge is 0.398 e. The predicted molar refractivity (Wildman–Crippen MR) is 76.3 cm³/mol. The number of benzene rings is 2. The van der Waals surface area contributed by atoms with Gasteiger partial charge in [0.2, 0.25) is 0 Å². The summed E-state index contributed by atoms with van der Waals surface area (Å²) in [5.74, 6) is 0.860. The molecule has 2 rings (SSSR count). The first kappa shape index (κ1) is 12.5. The lowest BCUT2D eigenvalue weighted by molar-refractivity contribution is 1.35. The molecule has 0 heterocycles. The fraction of sp³-hybridized carbons (Fsp3) is 0.133. The lowest BCUT2D eigenvalue weighted by Crippen LogP contribution is -1.90. The monoisotopic (exact) mass is 254 g/mol. The topological polar surface area (TPSA) is 49.8 Å². The van der Waals surface area contributed by atoms with Crippen LogP contribution in [0.3, 0.4) is 0 Å². The minimum atomic E-state index is 0.693. The molecule has 90 valence electrons. The molecule has 2 N–H and O–H groups in total. The zero-order valence-corrected chi connectivity index (χ0v) is 11.0. The predicted octanol–water partition coefficient (Wildman–Crippen LogP) is 3.74. The van der Waals surface area contributed by atoms with Gasteiger partial charge >= 0.3 is 0 Å². The Labute approximate surface area is 111 Å². The highest BCUT2D eigenvalue weighted by atomic mass is 32.2. The van der Waals surface area contributed by atoms with E-state index in [1.807, 2.05) is 37.3 Å². The SMILES string of the molecule is Cc1ccc(SCc2ccc(C#N)cc2)c(N)c1. The highest BCUT2D eigenvalue weighted by molar-refractivity contribution is 7.98. The van der Waals surface area contributed by atoms with Crippen LogP contribution in [-0.2, 0) is 5.75 Å². The van der Waals surface area contributed by atoms with Crippen molar-refractivity contribution in [2.24, 2.45) is 0 Å². The Bertz CT molecular complexity index is 582.